The van der Waals surface area contributed by atoms with Crippen molar-refractivity contribution < 1.29 is 0 Å². The minimum Gasteiger partial charge on any atom is -0.316 e. The van der Waals surface area contributed by atoms with Crippen LogP contribution in [0.2, 0.25) is 0 Å². The van der Waals surface area contributed by atoms with Crippen LogP contribution in [-0.2, 0) is 0 Å². The predicted octanol–water partition coefficient (Wildman–Crippen LogP) is 1.33. The van der Waals surface area contributed by atoms with Crippen LogP contribution in [0.4, 0.5) is 0 Å². The molecule has 12 heavy (non-hydrogen) atoms. The fraction of sp³-hybridized carbons (Fsp3) is 1.00. The van der Waals surface area contributed by atoms with Crippen LogP contribution in [0.1, 0.15) is 25.7 Å². The summed E-state index contributed by atoms with van der Waals surface area (Å²) in [7, 11) is 4.26. The molecule has 0 radical (unpaired) electrons. The van der Waals surface area contributed by atoms with Crippen molar-refractivity contribution in [3.05, 3.63) is 0 Å². The Morgan fingerprint density at radius 1 is 1.33 bits per heavy atom. The summed E-state index contributed by atoms with van der Waals surface area (Å²) in [6, 6.07) is 0. The molecule has 2 nitrogen and oxygen atoms in total. The van der Waals surface area contributed by atoms with Gasteiger partial charge in [-0.3, -0.25) is 0 Å². The van der Waals surface area contributed by atoms with E-state index in [0.717, 1.165) is 5.92 Å². The van der Waals surface area contributed by atoms with Crippen molar-refractivity contribution in [2.45, 2.75) is 25.7 Å². The van der Waals surface area contributed by atoms with E-state index < -0.39 is 0 Å². The molecule has 1 fully saturated rings. The standard InChI is InChI=1S/C10H22N2/c1-12(2)8-4-7-11-9-10-5-3-6-10/h10-11H,3-9H2,1-2H3. The summed E-state index contributed by atoms with van der Waals surface area (Å²) in [4.78, 5) is 2.24. The summed E-state index contributed by atoms with van der Waals surface area (Å²) in [5.74, 6) is 1.00. The second-order valence-electron chi connectivity index (χ2n) is 4.16. The van der Waals surface area contributed by atoms with Crippen molar-refractivity contribution in [3.8, 4) is 0 Å². The molecule has 1 rings (SSSR count). The Kier molecular flexibility index (Phi) is 4.62. The molecule has 0 heterocycles. The molecule has 1 N–H and O–H groups in total. The molecule has 1 aliphatic carbocycles. The summed E-state index contributed by atoms with van der Waals surface area (Å²) in [5, 5.41) is 3.52. The van der Waals surface area contributed by atoms with Gasteiger partial charge >= 0.3 is 0 Å². The Labute approximate surface area is 76.3 Å². The summed E-state index contributed by atoms with van der Waals surface area (Å²) < 4.78 is 0. The fourth-order valence-corrected chi connectivity index (χ4v) is 1.52. The van der Waals surface area contributed by atoms with Gasteiger partial charge in [0.15, 0.2) is 0 Å². The zero-order chi connectivity index (χ0) is 8.81. The SMILES string of the molecule is CN(C)CCCNCC1CCC1. The molecule has 1 saturated carbocycles. The van der Waals surface area contributed by atoms with Crippen molar-refractivity contribution >= 4 is 0 Å². The third-order valence-corrected chi connectivity index (χ3v) is 2.62. The molecule has 2 heteroatoms. The maximum absolute atomic E-state index is 3.52. The molecule has 0 aromatic heterocycles. The van der Waals surface area contributed by atoms with E-state index in [1.807, 2.05) is 0 Å². The van der Waals surface area contributed by atoms with Crippen LogP contribution in [0, 0.1) is 5.92 Å². The highest BCUT2D eigenvalue weighted by molar-refractivity contribution is 4.71. The van der Waals surface area contributed by atoms with Crippen LogP contribution >= 0.6 is 0 Å². The Morgan fingerprint density at radius 2 is 2.08 bits per heavy atom. The molecule has 0 aliphatic heterocycles. The van der Waals surface area contributed by atoms with E-state index in [2.05, 4.69) is 24.3 Å². The summed E-state index contributed by atoms with van der Waals surface area (Å²) in [6.07, 6.45) is 5.66. The highest BCUT2D eigenvalue weighted by atomic mass is 15.1. The lowest BCUT2D eigenvalue weighted by Gasteiger charge is -2.25. The van der Waals surface area contributed by atoms with Crippen LogP contribution in [-0.4, -0.2) is 38.6 Å². The average molecular weight is 170 g/mol. The molecule has 1 aliphatic rings. The first-order valence-electron chi connectivity index (χ1n) is 5.14. The van der Waals surface area contributed by atoms with Gasteiger partial charge in [-0.1, -0.05) is 6.42 Å². The van der Waals surface area contributed by atoms with Crippen molar-refractivity contribution in [1.82, 2.24) is 10.2 Å². The van der Waals surface area contributed by atoms with Gasteiger partial charge < -0.3 is 10.2 Å². The van der Waals surface area contributed by atoms with Gasteiger partial charge in [-0.2, -0.15) is 0 Å². The van der Waals surface area contributed by atoms with E-state index in [1.54, 1.807) is 0 Å². The van der Waals surface area contributed by atoms with Crippen LogP contribution < -0.4 is 5.32 Å². The average Bonchev–Trinajstić information content (AvgIpc) is 1.92. The molecular weight excluding hydrogens is 148 g/mol. The smallest absolute Gasteiger partial charge is 0.00127 e. The van der Waals surface area contributed by atoms with Crippen molar-refractivity contribution in [3.63, 3.8) is 0 Å². The largest absolute Gasteiger partial charge is 0.316 e. The number of nitrogens with zero attached hydrogens (tertiary/aromatic N) is 1. The molecule has 0 unspecified atom stereocenters. The molecular formula is C10H22N2. The lowest BCUT2D eigenvalue weighted by atomic mass is 9.85. The van der Waals surface area contributed by atoms with Crippen LogP contribution in [0.15, 0.2) is 0 Å². The number of nitrogens with one attached hydrogen (secondary N) is 1. The van der Waals surface area contributed by atoms with Crippen LogP contribution in [0.3, 0.4) is 0 Å². The maximum Gasteiger partial charge on any atom is -0.00127 e. The zero-order valence-corrected chi connectivity index (χ0v) is 8.47. The molecule has 0 spiro atoms. The third kappa shape index (κ3) is 4.07. The van der Waals surface area contributed by atoms with E-state index in [4.69, 9.17) is 0 Å². The topological polar surface area (TPSA) is 15.3 Å². The van der Waals surface area contributed by atoms with Crippen LogP contribution in [0.25, 0.3) is 0 Å². The number of hydrogen-bond acceptors (Lipinski definition) is 2. The molecule has 0 aromatic rings. The lowest BCUT2D eigenvalue weighted by molar-refractivity contribution is 0.298. The summed E-state index contributed by atoms with van der Waals surface area (Å²) in [5.41, 5.74) is 0. The van der Waals surface area contributed by atoms with Gasteiger partial charge in [0.05, 0.1) is 0 Å². The number of rotatable bonds is 6. The lowest BCUT2D eigenvalue weighted by Crippen LogP contribution is -2.29. The Hall–Kier alpha value is -0.0800. The van der Waals surface area contributed by atoms with Gasteiger partial charge in [-0.15, -0.1) is 0 Å². The van der Waals surface area contributed by atoms with Gasteiger partial charge in [0.1, 0.15) is 0 Å². The van der Waals surface area contributed by atoms with E-state index in [0.29, 0.717) is 0 Å². The molecule has 0 amide bonds. The summed E-state index contributed by atoms with van der Waals surface area (Å²) in [6.45, 7) is 3.65. The monoisotopic (exact) mass is 170 g/mol. The summed E-state index contributed by atoms with van der Waals surface area (Å²) >= 11 is 0. The van der Waals surface area contributed by atoms with E-state index in [9.17, 15) is 0 Å². The minimum atomic E-state index is 1.00. The first-order chi connectivity index (χ1) is 5.79. The van der Waals surface area contributed by atoms with E-state index in [1.165, 1.54) is 45.3 Å². The molecule has 72 valence electrons. The highest BCUT2D eigenvalue weighted by Crippen LogP contribution is 2.24. The maximum atomic E-state index is 3.52. The van der Waals surface area contributed by atoms with Crippen molar-refractivity contribution in [2.24, 2.45) is 5.92 Å². The molecule has 0 atom stereocenters. The first-order valence-corrected chi connectivity index (χ1v) is 5.14. The quantitative estimate of drug-likeness (QED) is 0.605. The van der Waals surface area contributed by atoms with E-state index in [-0.39, 0.29) is 0 Å². The fourth-order valence-electron chi connectivity index (χ4n) is 1.52. The molecule has 0 aromatic carbocycles. The van der Waals surface area contributed by atoms with Gasteiger partial charge in [-0.05, 0) is 58.9 Å². The second kappa shape index (κ2) is 5.55. The normalized spacial score (nSPS) is 18.2. The van der Waals surface area contributed by atoms with Crippen molar-refractivity contribution in [1.29, 1.82) is 0 Å². The van der Waals surface area contributed by atoms with E-state index >= 15 is 0 Å². The molecule has 0 bridgehead atoms. The van der Waals surface area contributed by atoms with Gasteiger partial charge in [0.25, 0.3) is 0 Å². The number of hydrogen-bond donors (Lipinski definition) is 1. The van der Waals surface area contributed by atoms with Crippen molar-refractivity contribution in [2.75, 3.05) is 33.7 Å². The van der Waals surface area contributed by atoms with Gasteiger partial charge in [0, 0.05) is 0 Å². The van der Waals surface area contributed by atoms with Crippen LogP contribution in [0.5, 0.6) is 0 Å². The van der Waals surface area contributed by atoms with Gasteiger partial charge in [-0.25, -0.2) is 0 Å². The van der Waals surface area contributed by atoms with Gasteiger partial charge in [0.2, 0.25) is 0 Å². The predicted molar refractivity (Wildman–Crippen MR) is 53.4 cm³/mol. The Morgan fingerprint density at radius 3 is 2.58 bits per heavy atom. The second-order valence-corrected chi connectivity index (χ2v) is 4.16. The highest BCUT2D eigenvalue weighted by Gasteiger charge is 2.15. The Bertz CT molecular complexity index is 108. The first kappa shape index (κ1) is 10.0. The zero-order valence-electron chi connectivity index (χ0n) is 8.47. The third-order valence-electron chi connectivity index (χ3n) is 2.62. The Balaban J connectivity index is 1.76. The minimum absolute atomic E-state index is 1.00. The molecule has 0 saturated heterocycles.